The van der Waals surface area contributed by atoms with E-state index >= 15 is 0 Å². The molecule has 1 nitrogen and oxygen atoms in total. The van der Waals surface area contributed by atoms with Gasteiger partial charge in [0.05, 0.1) is 0 Å². The zero-order valence-corrected chi connectivity index (χ0v) is 11.6. The van der Waals surface area contributed by atoms with Crippen LogP contribution in [0.15, 0.2) is 48.5 Å². The molecule has 1 saturated carbocycles. The van der Waals surface area contributed by atoms with Crippen molar-refractivity contribution in [1.82, 2.24) is 5.32 Å². The van der Waals surface area contributed by atoms with Crippen LogP contribution in [0.25, 0.3) is 0 Å². The average molecular weight is 269 g/mol. The Morgan fingerprint density at radius 3 is 2.45 bits per heavy atom. The molecule has 1 aliphatic carbocycles. The van der Waals surface area contributed by atoms with Gasteiger partial charge in [-0.15, -0.1) is 0 Å². The van der Waals surface area contributed by atoms with E-state index in [9.17, 15) is 4.39 Å². The molecule has 104 valence electrons. The topological polar surface area (TPSA) is 12.0 Å². The van der Waals surface area contributed by atoms with Crippen molar-refractivity contribution in [2.75, 3.05) is 6.54 Å². The Morgan fingerprint density at radius 1 is 1.00 bits per heavy atom. The smallest absolute Gasteiger partial charge is 0.126 e. The zero-order chi connectivity index (χ0) is 13.8. The van der Waals surface area contributed by atoms with Crippen LogP contribution in [0.2, 0.25) is 0 Å². The van der Waals surface area contributed by atoms with E-state index in [-0.39, 0.29) is 5.82 Å². The van der Waals surface area contributed by atoms with E-state index in [0.29, 0.717) is 0 Å². The Kier molecular flexibility index (Phi) is 4.12. The summed E-state index contributed by atoms with van der Waals surface area (Å²) < 4.78 is 13.4. The molecule has 0 saturated heterocycles. The fourth-order valence-electron chi connectivity index (χ4n) is 2.48. The lowest BCUT2D eigenvalue weighted by Crippen LogP contribution is -2.17. The minimum Gasteiger partial charge on any atom is -0.312 e. The Morgan fingerprint density at radius 2 is 1.75 bits per heavy atom. The molecule has 2 heteroatoms. The first-order valence-electron chi connectivity index (χ1n) is 7.36. The summed E-state index contributed by atoms with van der Waals surface area (Å²) >= 11 is 0. The fraction of sp³-hybridized carbons (Fsp3) is 0.333. The van der Waals surface area contributed by atoms with Crippen molar-refractivity contribution < 1.29 is 4.39 Å². The van der Waals surface area contributed by atoms with Crippen molar-refractivity contribution in [3.63, 3.8) is 0 Å². The summed E-state index contributed by atoms with van der Waals surface area (Å²) in [5, 5.41) is 3.38. The monoisotopic (exact) mass is 269 g/mol. The Balaban J connectivity index is 1.44. The third-order valence-corrected chi connectivity index (χ3v) is 3.89. The molecule has 3 rings (SSSR count). The molecule has 0 amide bonds. The summed E-state index contributed by atoms with van der Waals surface area (Å²) in [6.45, 7) is 1.64. The third-order valence-electron chi connectivity index (χ3n) is 3.89. The van der Waals surface area contributed by atoms with Crippen LogP contribution in [0.4, 0.5) is 4.39 Å². The molecule has 0 unspecified atom stereocenters. The molecule has 2 aromatic rings. The van der Waals surface area contributed by atoms with Crippen LogP contribution >= 0.6 is 0 Å². The predicted octanol–water partition coefficient (Wildman–Crippen LogP) is 4.04. The molecule has 0 heterocycles. The van der Waals surface area contributed by atoms with Crippen molar-refractivity contribution in [3.8, 4) is 0 Å². The highest BCUT2D eigenvalue weighted by Gasteiger charge is 2.22. The Labute approximate surface area is 119 Å². The van der Waals surface area contributed by atoms with Crippen LogP contribution < -0.4 is 5.32 Å². The van der Waals surface area contributed by atoms with Crippen LogP contribution in [0.3, 0.4) is 0 Å². The molecule has 0 atom stereocenters. The summed E-state index contributed by atoms with van der Waals surface area (Å²) in [5.74, 6) is 0.709. The second-order valence-electron chi connectivity index (χ2n) is 5.53. The van der Waals surface area contributed by atoms with Crippen LogP contribution in [0.5, 0.6) is 0 Å². The highest BCUT2D eigenvalue weighted by molar-refractivity contribution is 5.28. The van der Waals surface area contributed by atoms with Crippen LogP contribution in [0, 0.1) is 5.82 Å². The molecule has 0 radical (unpaired) electrons. The largest absolute Gasteiger partial charge is 0.312 e. The van der Waals surface area contributed by atoms with E-state index in [2.05, 4.69) is 29.6 Å². The molecule has 1 N–H and O–H groups in total. The van der Waals surface area contributed by atoms with Crippen molar-refractivity contribution in [2.45, 2.75) is 31.7 Å². The molecule has 0 aromatic heterocycles. The van der Waals surface area contributed by atoms with Gasteiger partial charge in [-0.05, 0) is 54.5 Å². The Bertz CT molecular complexity index is 558. The van der Waals surface area contributed by atoms with E-state index in [1.54, 1.807) is 6.07 Å². The minimum absolute atomic E-state index is 0.108. The van der Waals surface area contributed by atoms with E-state index in [4.69, 9.17) is 0 Å². The van der Waals surface area contributed by atoms with Gasteiger partial charge in [-0.2, -0.15) is 0 Å². The molecule has 2 aromatic carbocycles. The van der Waals surface area contributed by atoms with Gasteiger partial charge in [-0.3, -0.25) is 0 Å². The maximum Gasteiger partial charge on any atom is 0.126 e. The summed E-state index contributed by atoms with van der Waals surface area (Å²) in [6.07, 6.45) is 3.42. The maximum absolute atomic E-state index is 13.4. The molecule has 1 aliphatic rings. The maximum atomic E-state index is 13.4. The quantitative estimate of drug-likeness (QED) is 0.781. The standard InChI is InChI=1S/C18H20FN/c19-18-4-2-1-3-17(18)11-12-20-13-14-5-7-15(8-6-14)16-9-10-16/h1-8,16,20H,9-13H2. The first kappa shape index (κ1) is 13.3. The number of rotatable bonds is 6. The first-order valence-corrected chi connectivity index (χ1v) is 7.36. The summed E-state index contributed by atoms with van der Waals surface area (Å²) in [4.78, 5) is 0. The van der Waals surface area contributed by atoms with Gasteiger partial charge in [-0.25, -0.2) is 4.39 Å². The molecule has 20 heavy (non-hydrogen) atoms. The van der Waals surface area contributed by atoms with Gasteiger partial charge in [-0.1, -0.05) is 42.5 Å². The zero-order valence-electron chi connectivity index (χ0n) is 11.6. The van der Waals surface area contributed by atoms with Gasteiger partial charge in [0.2, 0.25) is 0 Å². The van der Waals surface area contributed by atoms with Gasteiger partial charge in [0.15, 0.2) is 0 Å². The number of benzene rings is 2. The van der Waals surface area contributed by atoms with Crippen molar-refractivity contribution >= 4 is 0 Å². The molecule has 0 aliphatic heterocycles. The fourth-order valence-corrected chi connectivity index (χ4v) is 2.48. The average Bonchev–Trinajstić information content (AvgIpc) is 3.31. The van der Waals surface area contributed by atoms with E-state index in [0.717, 1.165) is 31.0 Å². The summed E-state index contributed by atoms with van der Waals surface area (Å²) in [7, 11) is 0. The van der Waals surface area contributed by atoms with Gasteiger partial charge in [0.1, 0.15) is 5.82 Å². The van der Waals surface area contributed by atoms with E-state index in [1.807, 2.05) is 12.1 Å². The molecular formula is C18H20FN. The van der Waals surface area contributed by atoms with Gasteiger partial charge >= 0.3 is 0 Å². The lowest BCUT2D eigenvalue weighted by atomic mass is 10.1. The van der Waals surface area contributed by atoms with Crippen LogP contribution in [-0.4, -0.2) is 6.54 Å². The Hall–Kier alpha value is -1.67. The molecular weight excluding hydrogens is 249 g/mol. The van der Waals surface area contributed by atoms with Crippen molar-refractivity contribution in [2.24, 2.45) is 0 Å². The molecule has 1 fully saturated rings. The van der Waals surface area contributed by atoms with Gasteiger partial charge < -0.3 is 5.32 Å². The lowest BCUT2D eigenvalue weighted by Gasteiger charge is -2.07. The third kappa shape index (κ3) is 3.45. The highest BCUT2D eigenvalue weighted by Crippen LogP contribution is 2.39. The second-order valence-corrected chi connectivity index (χ2v) is 5.53. The number of hydrogen-bond acceptors (Lipinski definition) is 1. The van der Waals surface area contributed by atoms with E-state index in [1.165, 1.54) is 30.0 Å². The van der Waals surface area contributed by atoms with Crippen LogP contribution in [-0.2, 0) is 13.0 Å². The van der Waals surface area contributed by atoms with Gasteiger partial charge in [0, 0.05) is 6.54 Å². The van der Waals surface area contributed by atoms with Crippen molar-refractivity contribution in [3.05, 3.63) is 71.0 Å². The van der Waals surface area contributed by atoms with Gasteiger partial charge in [0.25, 0.3) is 0 Å². The SMILES string of the molecule is Fc1ccccc1CCNCc1ccc(C2CC2)cc1. The summed E-state index contributed by atoms with van der Waals surface area (Å²) in [5.41, 5.74) is 3.55. The number of hydrogen-bond donors (Lipinski definition) is 1. The number of halogens is 1. The number of nitrogens with one attached hydrogen (secondary N) is 1. The van der Waals surface area contributed by atoms with Crippen LogP contribution in [0.1, 0.15) is 35.4 Å². The predicted molar refractivity (Wildman–Crippen MR) is 80.2 cm³/mol. The molecule has 0 spiro atoms. The normalized spacial score (nSPS) is 14.4. The first-order chi connectivity index (χ1) is 9.83. The van der Waals surface area contributed by atoms with Crippen molar-refractivity contribution in [1.29, 1.82) is 0 Å². The minimum atomic E-state index is -0.108. The molecule has 0 bridgehead atoms. The summed E-state index contributed by atoms with van der Waals surface area (Å²) in [6, 6.07) is 15.9. The highest BCUT2D eigenvalue weighted by atomic mass is 19.1. The van der Waals surface area contributed by atoms with E-state index < -0.39 is 0 Å². The second kappa shape index (κ2) is 6.19. The lowest BCUT2D eigenvalue weighted by molar-refractivity contribution is 0.598.